The van der Waals surface area contributed by atoms with Crippen molar-refractivity contribution in [2.45, 2.75) is 13.3 Å². The summed E-state index contributed by atoms with van der Waals surface area (Å²) in [5.41, 5.74) is 1.03. The van der Waals surface area contributed by atoms with Crippen LogP contribution in [0.4, 0.5) is 4.39 Å². The molecule has 0 amide bonds. The maximum atomic E-state index is 12.7. The van der Waals surface area contributed by atoms with Crippen LogP contribution in [-0.2, 0) is 19.1 Å². The second-order valence-corrected chi connectivity index (χ2v) is 4.32. The standard InChI is InChI=1S/C16H17FO4/c1-12(2)16(19)21-11-3-10-20-15(18)9-6-13-4-7-14(17)8-5-13/h4-9H,1,3,10-11H2,2H3/b9-6+. The summed E-state index contributed by atoms with van der Waals surface area (Å²) in [7, 11) is 0. The van der Waals surface area contributed by atoms with Crippen molar-refractivity contribution in [3.63, 3.8) is 0 Å². The van der Waals surface area contributed by atoms with Crippen LogP contribution in [0.15, 0.2) is 42.5 Å². The van der Waals surface area contributed by atoms with Crippen LogP contribution in [0, 0.1) is 5.82 Å². The third-order valence-electron chi connectivity index (χ3n) is 2.40. The van der Waals surface area contributed by atoms with Crippen LogP contribution in [0.3, 0.4) is 0 Å². The SMILES string of the molecule is C=C(C)C(=O)OCCCOC(=O)/C=C/c1ccc(F)cc1. The van der Waals surface area contributed by atoms with E-state index in [2.05, 4.69) is 6.58 Å². The molecule has 0 heterocycles. The van der Waals surface area contributed by atoms with Crippen LogP contribution in [0.2, 0.25) is 0 Å². The zero-order valence-electron chi connectivity index (χ0n) is 11.8. The Bertz CT molecular complexity index is 532. The Kier molecular flexibility index (Phi) is 6.87. The normalized spacial score (nSPS) is 10.4. The van der Waals surface area contributed by atoms with Crippen molar-refractivity contribution in [2.75, 3.05) is 13.2 Å². The van der Waals surface area contributed by atoms with E-state index < -0.39 is 11.9 Å². The zero-order chi connectivity index (χ0) is 15.7. The molecule has 1 aromatic rings. The minimum atomic E-state index is -0.509. The highest BCUT2D eigenvalue weighted by molar-refractivity contribution is 5.87. The number of ether oxygens (including phenoxy) is 2. The van der Waals surface area contributed by atoms with Gasteiger partial charge in [0, 0.05) is 18.1 Å². The predicted molar refractivity (Wildman–Crippen MR) is 76.8 cm³/mol. The highest BCUT2D eigenvalue weighted by Crippen LogP contribution is 2.04. The van der Waals surface area contributed by atoms with E-state index in [1.54, 1.807) is 19.1 Å². The van der Waals surface area contributed by atoms with E-state index in [1.807, 2.05) is 0 Å². The Labute approximate surface area is 122 Å². The number of benzene rings is 1. The largest absolute Gasteiger partial charge is 0.462 e. The molecule has 1 aromatic carbocycles. The molecule has 0 atom stereocenters. The molecular formula is C16H17FO4. The molecule has 0 aliphatic heterocycles. The average molecular weight is 292 g/mol. The van der Waals surface area contributed by atoms with E-state index >= 15 is 0 Å². The molecule has 4 nitrogen and oxygen atoms in total. The lowest BCUT2D eigenvalue weighted by atomic mass is 10.2. The summed E-state index contributed by atoms with van der Waals surface area (Å²) >= 11 is 0. The van der Waals surface area contributed by atoms with Crippen LogP contribution in [0.25, 0.3) is 6.08 Å². The summed E-state index contributed by atoms with van der Waals surface area (Å²) in [5, 5.41) is 0. The van der Waals surface area contributed by atoms with Crippen LogP contribution in [-0.4, -0.2) is 25.2 Å². The van der Waals surface area contributed by atoms with E-state index in [0.29, 0.717) is 17.6 Å². The summed E-state index contributed by atoms with van der Waals surface area (Å²) in [6.07, 6.45) is 3.20. The molecule has 21 heavy (non-hydrogen) atoms. The Morgan fingerprint density at radius 1 is 1.19 bits per heavy atom. The number of esters is 2. The van der Waals surface area contributed by atoms with Gasteiger partial charge in [0.1, 0.15) is 5.82 Å². The third-order valence-corrected chi connectivity index (χ3v) is 2.40. The molecule has 5 heteroatoms. The maximum Gasteiger partial charge on any atom is 0.333 e. The first-order chi connectivity index (χ1) is 9.99. The molecule has 0 aliphatic rings. The maximum absolute atomic E-state index is 12.7. The quantitative estimate of drug-likeness (QED) is 0.440. The van der Waals surface area contributed by atoms with E-state index in [0.717, 1.165) is 0 Å². The molecule has 0 saturated carbocycles. The first kappa shape index (κ1) is 16.6. The first-order valence-electron chi connectivity index (χ1n) is 6.42. The molecule has 112 valence electrons. The highest BCUT2D eigenvalue weighted by atomic mass is 19.1. The van der Waals surface area contributed by atoms with Crippen molar-refractivity contribution in [1.29, 1.82) is 0 Å². The van der Waals surface area contributed by atoms with E-state index in [1.165, 1.54) is 24.3 Å². The molecule has 0 aliphatic carbocycles. The number of halogens is 1. The predicted octanol–water partition coefficient (Wildman–Crippen LogP) is 2.89. The van der Waals surface area contributed by atoms with Gasteiger partial charge in [-0.25, -0.2) is 14.0 Å². The van der Waals surface area contributed by atoms with Gasteiger partial charge in [0.2, 0.25) is 0 Å². The van der Waals surface area contributed by atoms with Crippen LogP contribution < -0.4 is 0 Å². The number of rotatable bonds is 7. The van der Waals surface area contributed by atoms with Gasteiger partial charge < -0.3 is 9.47 Å². The minimum Gasteiger partial charge on any atom is -0.462 e. The highest BCUT2D eigenvalue weighted by Gasteiger charge is 2.03. The lowest BCUT2D eigenvalue weighted by molar-refractivity contribution is -0.140. The molecule has 0 unspecified atom stereocenters. The van der Waals surface area contributed by atoms with Gasteiger partial charge in [-0.15, -0.1) is 0 Å². The van der Waals surface area contributed by atoms with Crippen molar-refractivity contribution < 1.29 is 23.5 Å². The van der Waals surface area contributed by atoms with Crippen molar-refractivity contribution >= 4 is 18.0 Å². The van der Waals surface area contributed by atoms with E-state index in [-0.39, 0.29) is 19.0 Å². The molecule has 1 rings (SSSR count). The first-order valence-corrected chi connectivity index (χ1v) is 6.42. The molecule has 0 aromatic heterocycles. The number of hydrogen-bond donors (Lipinski definition) is 0. The van der Waals surface area contributed by atoms with Gasteiger partial charge in [-0.1, -0.05) is 18.7 Å². The lowest BCUT2D eigenvalue weighted by Gasteiger charge is -2.04. The van der Waals surface area contributed by atoms with E-state index in [4.69, 9.17) is 9.47 Å². The van der Waals surface area contributed by atoms with Crippen molar-refractivity contribution in [2.24, 2.45) is 0 Å². The Morgan fingerprint density at radius 2 is 1.81 bits per heavy atom. The number of hydrogen-bond acceptors (Lipinski definition) is 4. The van der Waals surface area contributed by atoms with Crippen LogP contribution in [0.1, 0.15) is 18.9 Å². The van der Waals surface area contributed by atoms with Crippen molar-refractivity contribution in [3.8, 4) is 0 Å². The second-order valence-electron chi connectivity index (χ2n) is 4.32. The van der Waals surface area contributed by atoms with Gasteiger partial charge in [0.25, 0.3) is 0 Å². The molecule has 0 radical (unpaired) electrons. The average Bonchev–Trinajstić information content (AvgIpc) is 2.46. The summed E-state index contributed by atoms with van der Waals surface area (Å²) in [6.45, 7) is 5.32. The number of carbonyl (C=O) groups is 2. The molecule has 0 saturated heterocycles. The summed E-state index contributed by atoms with van der Waals surface area (Å²) in [5.74, 6) is -1.30. The summed E-state index contributed by atoms with van der Waals surface area (Å²) in [6, 6.07) is 5.72. The Balaban J connectivity index is 2.21. The summed E-state index contributed by atoms with van der Waals surface area (Å²) in [4.78, 5) is 22.4. The van der Waals surface area contributed by atoms with E-state index in [9.17, 15) is 14.0 Å². The third kappa shape index (κ3) is 7.06. The smallest absolute Gasteiger partial charge is 0.333 e. The van der Waals surface area contributed by atoms with Gasteiger partial charge in [-0.2, -0.15) is 0 Å². The van der Waals surface area contributed by atoms with Gasteiger partial charge in [-0.3, -0.25) is 0 Å². The van der Waals surface area contributed by atoms with Gasteiger partial charge in [-0.05, 0) is 30.7 Å². The second kappa shape index (κ2) is 8.68. The number of carbonyl (C=O) groups excluding carboxylic acids is 2. The molecule has 0 N–H and O–H groups in total. The fraction of sp³-hybridized carbons (Fsp3) is 0.250. The summed E-state index contributed by atoms with van der Waals surface area (Å²) < 4.78 is 22.4. The van der Waals surface area contributed by atoms with Gasteiger partial charge in [0.15, 0.2) is 0 Å². The van der Waals surface area contributed by atoms with Crippen LogP contribution >= 0.6 is 0 Å². The topological polar surface area (TPSA) is 52.6 Å². The van der Waals surface area contributed by atoms with Crippen molar-refractivity contribution in [3.05, 3.63) is 53.9 Å². The van der Waals surface area contributed by atoms with Crippen molar-refractivity contribution in [1.82, 2.24) is 0 Å². The minimum absolute atomic E-state index is 0.149. The van der Waals surface area contributed by atoms with Gasteiger partial charge >= 0.3 is 11.9 Å². The monoisotopic (exact) mass is 292 g/mol. The molecule has 0 spiro atoms. The molecule has 0 bridgehead atoms. The Hall–Kier alpha value is -2.43. The zero-order valence-corrected chi connectivity index (χ0v) is 11.8. The molecule has 0 fully saturated rings. The Morgan fingerprint density at radius 3 is 2.43 bits per heavy atom. The molecular weight excluding hydrogens is 275 g/mol. The van der Waals surface area contributed by atoms with Gasteiger partial charge in [0.05, 0.1) is 13.2 Å². The lowest BCUT2D eigenvalue weighted by Crippen LogP contribution is -2.09. The fourth-order valence-corrected chi connectivity index (χ4v) is 1.31. The fourth-order valence-electron chi connectivity index (χ4n) is 1.31. The van der Waals surface area contributed by atoms with Crippen LogP contribution in [0.5, 0.6) is 0 Å².